The van der Waals surface area contributed by atoms with Crippen LogP contribution in [-0.2, 0) is 0 Å². The molecule has 1 saturated carbocycles. The van der Waals surface area contributed by atoms with Gasteiger partial charge in [0.15, 0.2) is 0 Å². The van der Waals surface area contributed by atoms with Crippen molar-refractivity contribution in [3.05, 3.63) is 16.3 Å². The molecule has 0 saturated heterocycles. The topological polar surface area (TPSA) is 49.8 Å². The molecule has 1 aliphatic carbocycles. The van der Waals surface area contributed by atoms with E-state index in [9.17, 15) is 4.79 Å². The summed E-state index contributed by atoms with van der Waals surface area (Å²) < 4.78 is 5.20. The molecule has 5 heteroatoms. The zero-order valence-electron chi connectivity index (χ0n) is 10.6. The summed E-state index contributed by atoms with van der Waals surface area (Å²) in [6.07, 6.45) is 4.42. The molecule has 0 spiro atoms. The quantitative estimate of drug-likeness (QED) is 0.891. The second-order valence-electron chi connectivity index (χ2n) is 4.48. The number of nitrogens with zero attached hydrogens (tertiary/aromatic N) is 1. The minimum absolute atomic E-state index is 0.00985. The fourth-order valence-corrected chi connectivity index (χ4v) is 3.33. The molecule has 1 aromatic heterocycles. The number of carbonyl (C=O) groups is 1. The molecule has 0 radical (unpaired) electrons. The molecule has 2 rings (SSSR count). The van der Waals surface area contributed by atoms with Crippen LogP contribution in [0.2, 0.25) is 0 Å². The Labute approximate surface area is 111 Å². The van der Waals surface area contributed by atoms with Crippen LogP contribution in [0.15, 0.2) is 11.4 Å². The third kappa shape index (κ3) is 2.67. The van der Waals surface area contributed by atoms with Gasteiger partial charge in [0, 0.05) is 12.6 Å². The van der Waals surface area contributed by atoms with Crippen molar-refractivity contribution in [2.24, 2.45) is 0 Å². The first kappa shape index (κ1) is 13.4. The zero-order valence-corrected chi connectivity index (χ0v) is 11.4. The van der Waals surface area contributed by atoms with Gasteiger partial charge in [-0.1, -0.05) is 12.8 Å². The predicted molar refractivity (Wildman–Crippen MR) is 71.2 cm³/mol. The van der Waals surface area contributed by atoms with Crippen molar-refractivity contribution >= 4 is 17.2 Å². The van der Waals surface area contributed by atoms with Crippen LogP contribution in [0.4, 0.5) is 0 Å². The highest BCUT2D eigenvalue weighted by Gasteiger charge is 2.29. The molecule has 1 amide bonds. The second-order valence-corrected chi connectivity index (χ2v) is 5.39. The Balaban J connectivity index is 2.17. The average molecular weight is 269 g/mol. The molecule has 0 aliphatic heterocycles. The van der Waals surface area contributed by atoms with Gasteiger partial charge < -0.3 is 14.7 Å². The van der Waals surface area contributed by atoms with Gasteiger partial charge in [-0.05, 0) is 24.3 Å². The van der Waals surface area contributed by atoms with Gasteiger partial charge in [0.25, 0.3) is 5.91 Å². The number of methoxy groups -OCH3 is 1. The molecule has 1 heterocycles. The third-order valence-corrected chi connectivity index (χ3v) is 4.29. The van der Waals surface area contributed by atoms with Crippen LogP contribution in [0.25, 0.3) is 0 Å². The summed E-state index contributed by atoms with van der Waals surface area (Å²) in [7, 11) is 1.57. The van der Waals surface area contributed by atoms with Crippen LogP contribution in [-0.4, -0.2) is 42.2 Å². The molecule has 1 aliphatic rings. The molecule has 18 heavy (non-hydrogen) atoms. The number of rotatable bonds is 5. The Morgan fingerprint density at radius 2 is 2.28 bits per heavy atom. The molecule has 1 N–H and O–H groups in total. The summed E-state index contributed by atoms with van der Waals surface area (Å²) in [5.41, 5.74) is 0. The van der Waals surface area contributed by atoms with Crippen molar-refractivity contribution in [3.63, 3.8) is 0 Å². The molecule has 100 valence electrons. The maximum atomic E-state index is 12.5. The number of thiophene rings is 1. The third-order valence-electron chi connectivity index (χ3n) is 3.41. The van der Waals surface area contributed by atoms with Crippen molar-refractivity contribution in [1.82, 2.24) is 4.90 Å². The summed E-state index contributed by atoms with van der Waals surface area (Å²) in [4.78, 5) is 15.0. The summed E-state index contributed by atoms with van der Waals surface area (Å²) in [5.74, 6) is 0.619. The highest BCUT2D eigenvalue weighted by molar-refractivity contribution is 7.12. The number of aliphatic hydroxyl groups excluding tert-OH is 1. The Morgan fingerprint density at radius 3 is 2.89 bits per heavy atom. The summed E-state index contributed by atoms with van der Waals surface area (Å²) in [6.45, 7) is 0.417. The van der Waals surface area contributed by atoms with Gasteiger partial charge in [0.2, 0.25) is 0 Å². The monoisotopic (exact) mass is 269 g/mol. The molecule has 1 fully saturated rings. The fourth-order valence-electron chi connectivity index (χ4n) is 2.52. The first-order valence-corrected chi connectivity index (χ1v) is 7.19. The van der Waals surface area contributed by atoms with Crippen molar-refractivity contribution in [1.29, 1.82) is 0 Å². The van der Waals surface area contributed by atoms with Gasteiger partial charge in [-0.2, -0.15) is 0 Å². The maximum Gasteiger partial charge on any atom is 0.268 e. The molecule has 0 atom stereocenters. The van der Waals surface area contributed by atoms with Gasteiger partial charge in [-0.15, -0.1) is 11.3 Å². The first-order chi connectivity index (χ1) is 8.77. The van der Waals surface area contributed by atoms with Crippen LogP contribution in [0.3, 0.4) is 0 Å². The van der Waals surface area contributed by atoms with Gasteiger partial charge in [0.1, 0.15) is 10.6 Å². The molecule has 1 aromatic rings. The largest absolute Gasteiger partial charge is 0.495 e. The van der Waals surface area contributed by atoms with E-state index in [2.05, 4.69) is 0 Å². The molecule has 0 unspecified atom stereocenters. The van der Waals surface area contributed by atoms with E-state index in [1.54, 1.807) is 12.0 Å². The lowest BCUT2D eigenvalue weighted by molar-refractivity contribution is 0.0640. The molecule has 4 nitrogen and oxygen atoms in total. The van der Waals surface area contributed by atoms with Crippen molar-refractivity contribution < 1.29 is 14.6 Å². The smallest absolute Gasteiger partial charge is 0.268 e. The average Bonchev–Trinajstić information content (AvgIpc) is 3.05. The van der Waals surface area contributed by atoms with E-state index in [4.69, 9.17) is 9.84 Å². The second kappa shape index (κ2) is 6.20. The summed E-state index contributed by atoms with van der Waals surface area (Å²) >= 11 is 1.40. The molecule has 0 bridgehead atoms. The van der Waals surface area contributed by atoms with Crippen LogP contribution >= 0.6 is 11.3 Å². The maximum absolute atomic E-state index is 12.5. The number of hydrogen-bond acceptors (Lipinski definition) is 4. The van der Waals surface area contributed by atoms with E-state index in [0.717, 1.165) is 12.8 Å². The van der Waals surface area contributed by atoms with E-state index >= 15 is 0 Å². The van der Waals surface area contributed by atoms with E-state index < -0.39 is 0 Å². The van der Waals surface area contributed by atoms with Crippen LogP contribution in [0, 0.1) is 0 Å². The van der Waals surface area contributed by atoms with E-state index in [1.807, 2.05) is 11.4 Å². The van der Waals surface area contributed by atoms with Crippen molar-refractivity contribution in [2.75, 3.05) is 20.3 Å². The lowest BCUT2D eigenvalue weighted by Crippen LogP contribution is -2.40. The molecular formula is C13H19NO3S. The van der Waals surface area contributed by atoms with Crippen molar-refractivity contribution in [2.45, 2.75) is 31.7 Å². The Bertz CT molecular complexity index is 399. The van der Waals surface area contributed by atoms with Gasteiger partial charge in [-0.25, -0.2) is 0 Å². The Kier molecular flexibility index (Phi) is 4.60. The van der Waals surface area contributed by atoms with Crippen LogP contribution < -0.4 is 4.74 Å². The SMILES string of the molecule is COc1ccsc1C(=O)N(CCO)C1CCCC1. The summed E-state index contributed by atoms with van der Waals surface area (Å²) in [5, 5.41) is 11.0. The Morgan fingerprint density at radius 1 is 1.56 bits per heavy atom. The van der Waals surface area contributed by atoms with E-state index in [-0.39, 0.29) is 18.6 Å². The van der Waals surface area contributed by atoms with E-state index in [0.29, 0.717) is 17.2 Å². The van der Waals surface area contributed by atoms with E-state index in [1.165, 1.54) is 24.2 Å². The van der Waals surface area contributed by atoms with Gasteiger partial charge in [0.05, 0.1) is 13.7 Å². The number of ether oxygens (including phenoxy) is 1. The van der Waals surface area contributed by atoms with Crippen molar-refractivity contribution in [3.8, 4) is 5.75 Å². The molecule has 0 aromatic carbocycles. The van der Waals surface area contributed by atoms with Gasteiger partial charge in [-0.3, -0.25) is 4.79 Å². The zero-order chi connectivity index (χ0) is 13.0. The highest BCUT2D eigenvalue weighted by atomic mass is 32.1. The number of aliphatic hydroxyl groups is 1. The van der Waals surface area contributed by atoms with Gasteiger partial charge >= 0.3 is 0 Å². The Hall–Kier alpha value is -1.07. The number of carbonyl (C=O) groups excluding carboxylic acids is 1. The lowest BCUT2D eigenvalue weighted by atomic mass is 10.2. The number of amides is 1. The minimum Gasteiger partial charge on any atom is -0.495 e. The standard InChI is InChI=1S/C13H19NO3S/c1-17-11-6-9-18-12(11)13(16)14(7-8-15)10-4-2-3-5-10/h6,9-10,15H,2-5,7-8H2,1H3. The predicted octanol–water partition coefficient (Wildman–Crippen LogP) is 2.13. The highest BCUT2D eigenvalue weighted by Crippen LogP contribution is 2.30. The normalized spacial score (nSPS) is 15.9. The van der Waals surface area contributed by atoms with Crippen LogP contribution in [0.1, 0.15) is 35.4 Å². The van der Waals surface area contributed by atoms with Crippen LogP contribution in [0.5, 0.6) is 5.75 Å². The first-order valence-electron chi connectivity index (χ1n) is 6.31. The fraction of sp³-hybridized carbons (Fsp3) is 0.615. The minimum atomic E-state index is -0.0113. The molecular weight excluding hydrogens is 250 g/mol. The number of hydrogen-bond donors (Lipinski definition) is 1. The lowest BCUT2D eigenvalue weighted by Gasteiger charge is -2.28. The summed E-state index contributed by atoms with van der Waals surface area (Å²) in [6, 6.07) is 2.08.